The molecule has 4 aromatic heterocycles. The second-order valence-electron chi connectivity index (χ2n) is 10.9. The fraction of sp³-hybridized carbons (Fsp3) is 0. The average Bonchev–Trinajstić information content (AvgIpc) is 3.65. The molecule has 0 unspecified atom stereocenters. The van der Waals surface area contributed by atoms with Crippen LogP contribution in [0.4, 0.5) is 0 Å². The Morgan fingerprint density at radius 1 is 0.523 bits per heavy atom. The molecule has 0 aliphatic carbocycles. The second-order valence-corrected chi connectivity index (χ2v) is 10.9. The normalized spacial score (nSPS) is 11.6. The minimum Gasteiger partial charge on any atom is -0.452 e. The molecule has 5 nitrogen and oxygen atoms in total. The van der Waals surface area contributed by atoms with Crippen molar-refractivity contribution in [3.05, 3.63) is 146 Å². The fourth-order valence-electron chi connectivity index (χ4n) is 6.30. The molecule has 0 spiro atoms. The van der Waals surface area contributed by atoms with E-state index in [9.17, 15) is 0 Å². The van der Waals surface area contributed by atoms with Gasteiger partial charge in [0.25, 0.3) is 0 Å². The molecule has 0 saturated heterocycles. The summed E-state index contributed by atoms with van der Waals surface area (Å²) in [5, 5.41) is 4.32. The van der Waals surface area contributed by atoms with Crippen molar-refractivity contribution < 1.29 is 4.42 Å². The highest BCUT2D eigenvalue weighted by Gasteiger charge is 2.22. The molecule has 0 radical (unpaired) electrons. The van der Waals surface area contributed by atoms with Crippen LogP contribution in [0, 0.1) is 0 Å². The molecular weight excluding hydrogens is 540 g/mol. The van der Waals surface area contributed by atoms with Crippen molar-refractivity contribution in [1.29, 1.82) is 0 Å². The molecule has 0 aliphatic heterocycles. The molecule has 0 amide bonds. The van der Waals surface area contributed by atoms with E-state index in [1.165, 1.54) is 0 Å². The van der Waals surface area contributed by atoms with E-state index >= 15 is 0 Å². The molecule has 206 valence electrons. The smallest absolute Gasteiger partial charge is 0.181 e. The number of furan rings is 1. The molecule has 0 bridgehead atoms. The van der Waals surface area contributed by atoms with Crippen molar-refractivity contribution in [3.63, 3.8) is 0 Å². The number of hydrogen-bond acceptors (Lipinski definition) is 4. The lowest BCUT2D eigenvalue weighted by molar-refractivity contribution is 0.663. The van der Waals surface area contributed by atoms with Crippen molar-refractivity contribution in [2.75, 3.05) is 0 Å². The van der Waals surface area contributed by atoms with E-state index in [0.717, 1.165) is 77.6 Å². The van der Waals surface area contributed by atoms with Gasteiger partial charge in [0, 0.05) is 44.4 Å². The van der Waals surface area contributed by atoms with Crippen LogP contribution in [0.1, 0.15) is 0 Å². The van der Waals surface area contributed by atoms with E-state index in [2.05, 4.69) is 83.4 Å². The number of para-hydroxylation sites is 3. The molecule has 4 heterocycles. The molecule has 5 aromatic carbocycles. The Hall–Kier alpha value is -6.07. The van der Waals surface area contributed by atoms with Crippen LogP contribution in [0.15, 0.2) is 150 Å². The number of benzene rings is 5. The zero-order valence-electron chi connectivity index (χ0n) is 23.6. The van der Waals surface area contributed by atoms with Crippen LogP contribution in [0.5, 0.6) is 0 Å². The summed E-state index contributed by atoms with van der Waals surface area (Å²) < 4.78 is 8.70. The topological polar surface area (TPSA) is 56.7 Å². The van der Waals surface area contributed by atoms with Gasteiger partial charge in [0.1, 0.15) is 5.58 Å². The van der Waals surface area contributed by atoms with Crippen molar-refractivity contribution >= 4 is 43.7 Å². The predicted octanol–water partition coefficient (Wildman–Crippen LogP) is 9.87. The SMILES string of the molecule is c1ccc(-c2cc(-c3ccccc3)nc(-c3cccc4c5ccccc5n(-c5nccc6c5oc5ccccc56)c34)n2)cc1. The number of hydrogen-bond donors (Lipinski definition) is 0. The van der Waals surface area contributed by atoms with E-state index in [0.29, 0.717) is 5.82 Å². The fourth-order valence-corrected chi connectivity index (χ4v) is 6.30. The van der Waals surface area contributed by atoms with Crippen molar-refractivity contribution in [3.8, 4) is 39.7 Å². The van der Waals surface area contributed by atoms with Crippen LogP contribution in [-0.2, 0) is 0 Å². The van der Waals surface area contributed by atoms with Gasteiger partial charge < -0.3 is 4.42 Å². The molecule has 44 heavy (non-hydrogen) atoms. The first-order valence-corrected chi connectivity index (χ1v) is 14.6. The highest BCUT2D eigenvalue weighted by atomic mass is 16.3. The van der Waals surface area contributed by atoms with Gasteiger partial charge in [-0.2, -0.15) is 0 Å². The third-order valence-corrected chi connectivity index (χ3v) is 8.29. The number of nitrogens with zero attached hydrogens (tertiary/aromatic N) is 4. The highest BCUT2D eigenvalue weighted by molar-refractivity contribution is 6.15. The summed E-state index contributed by atoms with van der Waals surface area (Å²) in [6, 6.07) is 47.6. The molecule has 0 fully saturated rings. The Bertz CT molecular complexity index is 2440. The van der Waals surface area contributed by atoms with Crippen LogP contribution >= 0.6 is 0 Å². The van der Waals surface area contributed by atoms with Crippen molar-refractivity contribution in [1.82, 2.24) is 19.5 Å². The maximum atomic E-state index is 6.49. The van der Waals surface area contributed by atoms with Crippen LogP contribution in [0.3, 0.4) is 0 Å². The molecule has 5 heteroatoms. The van der Waals surface area contributed by atoms with Gasteiger partial charge in [-0.15, -0.1) is 0 Å². The van der Waals surface area contributed by atoms with Gasteiger partial charge in [0.15, 0.2) is 17.2 Å². The summed E-state index contributed by atoms with van der Waals surface area (Å²) in [5.41, 5.74) is 8.34. The monoisotopic (exact) mass is 564 g/mol. The largest absolute Gasteiger partial charge is 0.452 e. The first-order valence-electron chi connectivity index (χ1n) is 14.6. The van der Waals surface area contributed by atoms with Crippen LogP contribution < -0.4 is 0 Å². The summed E-state index contributed by atoms with van der Waals surface area (Å²) in [6.45, 7) is 0. The molecular formula is C39H24N4O. The Morgan fingerprint density at radius 2 is 1.16 bits per heavy atom. The van der Waals surface area contributed by atoms with Gasteiger partial charge in [-0.05, 0) is 30.3 Å². The predicted molar refractivity (Wildman–Crippen MR) is 178 cm³/mol. The summed E-state index contributed by atoms with van der Waals surface area (Å²) in [5.74, 6) is 1.39. The van der Waals surface area contributed by atoms with E-state index in [-0.39, 0.29) is 0 Å². The molecule has 9 aromatic rings. The lowest BCUT2D eigenvalue weighted by Crippen LogP contribution is -2.01. The van der Waals surface area contributed by atoms with Gasteiger partial charge >= 0.3 is 0 Å². The quantitative estimate of drug-likeness (QED) is 0.213. The first kappa shape index (κ1) is 24.5. The minimum absolute atomic E-state index is 0.650. The average molecular weight is 565 g/mol. The van der Waals surface area contributed by atoms with Gasteiger partial charge in [-0.1, -0.05) is 109 Å². The van der Waals surface area contributed by atoms with Crippen molar-refractivity contribution in [2.24, 2.45) is 0 Å². The van der Waals surface area contributed by atoms with E-state index < -0.39 is 0 Å². The molecule has 0 aliphatic rings. The second kappa shape index (κ2) is 9.75. The maximum absolute atomic E-state index is 6.49. The molecule has 0 saturated carbocycles. The minimum atomic E-state index is 0.650. The Labute approximate surface area is 252 Å². The molecule has 0 atom stereocenters. The summed E-state index contributed by atoms with van der Waals surface area (Å²) >= 11 is 0. The van der Waals surface area contributed by atoms with Gasteiger partial charge in [0.2, 0.25) is 0 Å². The van der Waals surface area contributed by atoms with Gasteiger partial charge in [-0.25, -0.2) is 15.0 Å². The zero-order chi connectivity index (χ0) is 29.0. The Morgan fingerprint density at radius 3 is 1.91 bits per heavy atom. The van der Waals surface area contributed by atoms with E-state index in [4.69, 9.17) is 19.4 Å². The summed E-state index contributed by atoms with van der Waals surface area (Å²) in [4.78, 5) is 15.3. The first-order chi connectivity index (χ1) is 21.8. The number of rotatable bonds is 4. The number of fused-ring (bicyclic) bond motifs is 6. The Kier molecular flexibility index (Phi) is 5.43. The number of aromatic nitrogens is 4. The lowest BCUT2D eigenvalue weighted by Gasteiger charge is -2.13. The molecule has 9 rings (SSSR count). The van der Waals surface area contributed by atoms with Crippen LogP contribution in [0.2, 0.25) is 0 Å². The zero-order valence-corrected chi connectivity index (χ0v) is 23.6. The van der Waals surface area contributed by atoms with E-state index in [1.54, 1.807) is 0 Å². The van der Waals surface area contributed by atoms with Crippen molar-refractivity contribution in [2.45, 2.75) is 0 Å². The Balaban J connectivity index is 1.39. The van der Waals surface area contributed by atoms with Crippen LogP contribution in [-0.4, -0.2) is 19.5 Å². The lowest BCUT2D eigenvalue weighted by atomic mass is 10.1. The highest BCUT2D eigenvalue weighted by Crippen LogP contribution is 2.40. The standard InChI is InChI=1S/C39H24N4O/c1-3-12-25(13-4-1)32-24-33(26-14-5-2-6-15-26)42-38(41-32)31-19-11-18-29-27-16-7-9-20-34(27)43(36(29)31)39-37-30(22-23-40-39)28-17-8-10-21-35(28)44-37/h1-24H. The summed E-state index contributed by atoms with van der Waals surface area (Å²) in [6.07, 6.45) is 1.86. The van der Waals surface area contributed by atoms with Gasteiger partial charge in [0.05, 0.1) is 22.4 Å². The van der Waals surface area contributed by atoms with Crippen LogP contribution in [0.25, 0.3) is 83.5 Å². The third-order valence-electron chi connectivity index (χ3n) is 8.29. The molecule has 0 N–H and O–H groups in total. The summed E-state index contributed by atoms with van der Waals surface area (Å²) in [7, 11) is 0. The van der Waals surface area contributed by atoms with E-state index in [1.807, 2.05) is 66.9 Å². The number of pyridine rings is 1. The maximum Gasteiger partial charge on any atom is 0.181 e. The van der Waals surface area contributed by atoms with Gasteiger partial charge in [-0.3, -0.25) is 4.57 Å². The third kappa shape index (κ3) is 3.76.